The van der Waals surface area contributed by atoms with Gasteiger partial charge in [-0.3, -0.25) is 9.88 Å². The molecule has 1 amide bonds. The molecule has 4 rings (SSSR count). The summed E-state index contributed by atoms with van der Waals surface area (Å²) in [6.45, 7) is 4.41. The Hall–Kier alpha value is -3.02. The van der Waals surface area contributed by atoms with Crippen LogP contribution in [0.25, 0.3) is 10.9 Å². The summed E-state index contributed by atoms with van der Waals surface area (Å²) in [5, 5.41) is 19.7. The topological polar surface area (TPSA) is 80.5 Å². The molecule has 0 bridgehead atoms. The largest absolute Gasteiger partial charge is 0.465 e. The normalized spacial score (nSPS) is 25.7. The average Bonchev–Trinajstić information content (AvgIpc) is 3.15. The summed E-state index contributed by atoms with van der Waals surface area (Å²) in [4.78, 5) is 18.9. The van der Waals surface area contributed by atoms with Crippen molar-refractivity contribution in [3.05, 3.63) is 36.0 Å². The van der Waals surface area contributed by atoms with Crippen LogP contribution in [0.3, 0.4) is 0 Å². The molecule has 30 heavy (non-hydrogen) atoms. The van der Waals surface area contributed by atoms with Crippen LogP contribution >= 0.6 is 0 Å². The summed E-state index contributed by atoms with van der Waals surface area (Å²) in [6.07, 6.45) is -4.64. The van der Waals surface area contributed by atoms with Gasteiger partial charge in [-0.25, -0.2) is 4.79 Å². The Morgan fingerprint density at radius 2 is 1.97 bits per heavy atom. The number of fused-ring (bicyclic) bond motifs is 2. The molecule has 2 unspecified atom stereocenters. The van der Waals surface area contributed by atoms with Crippen molar-refractivity contribution in [3.8, 4) is 6.07 Å². The Labute approximate surface area is 171 Å². The van der Waals surface area contributed by atoms with Crippen molar-refractivity contribution in [2.75, 3.05) is 18.0 Å². The monoisotopic (exact) mass is 418 g/mol. The van der Waals surface area contributed by atoms with Gasteiger partial charge in [0.15, 0.2) is 0 Å². The van der Waals surface area contributed by atoms with Crippen LogP contribution in [0, 0.1) is 16.7 Å². The minimum absolute atomic E-state index is 0.0774. The summed E-state index contributed by atoms with van der Waals surface area (Å²) < 4.78 is 42.8. The molecule has 1 N–H and O–H groups in total. The van der Waals surface area contributed by atoms with E-state index in [1.54, 1.807) is 49.9 Å². The zero-order chi connectivity index (χ0) is 22.1. The maximum absolute atomic E-state index is 14.3. The van der Waals surface area contributed by atoms with Gasteiger partial charge in [0.25, 0.3) is 0 Å². The lowest BCUT2D eigenvalue weighted by Crippen LogP contribution is -2.57. The average molecular weight is 418 g/mol. The summed E-state index contributed by atoms with van der Waals surface area (Å²) in [6, 6.07) is 8.59. The van der Waals surface area contributed by atoms with Gasteiger partial charge < -0.3 is 10.0 Å². The van der Waals surface area contributed by atoms with Crippen molar-refractivity contribution >= 4 is 22.7 Å². The van der Waals surface area contributed by atoms with Crippen LogP contribution in [0.5, 0.6) is 0 Å². The van der Waals surface area contributed by atoms with E-state index in [1.165, 1.54) is 6.20 Å². The van der Waals surface area contributed by atoms with Crippen molar-refractivity contribution in [3.63, 3.8) is 0 Å². The molecule has 1 saturated heterocycles. The third kappa shape index (κ3) is 2.56. The highest BCUT2D eigenvalue weighted by molar-refractivity contribution is 5.95. The molecule has 1 aliphatic carbocycles. The first-order chi connectivity index (χ1) is 13.9. The lowest BCUT2D eigenvalue weighted by Gasteiger charge is -2.41. The molecule has 1 aromatic heterocycles. The smallest absolute Gasteiger partial charge is 0.408 e. The van der Waals surface area contributed by atoms with E-state index in [9.17, 15) is 28.3 Å². The molecule has 6 nitrogen and oxygen atoms in total. The van der Waals surface area contributed by atoms with Crippen LogP contribution in [0.15, 0.2) is 30.5 Å². The van der Waals surface area contributed by atoms with Crippen LogP contribution in [-0.2, 0) is 0 Å². The van der Waals surface area contributed by atoms with Crippen LogP contribution in [0.1, 0.15) is 32.8 Å². The number of nitriles is 1. The second-order valence-electron chi connectivity index (χ2n) is 9.08. The SMILES string of the molecule is CC(C)(C)N(C(=O)O)C12CN(c3ccc(C#N)c4ncccc34)CC1(C(F)(F)F)C2. The fraction of sp³-hybridized carbons (Fsp3) is 0.476. The zero-order valence-electron chi connectivity index (χ0n) is 16.8. The summed E-state index contributed by atoms with van der Waals surface area (Å²) in [7, 11) is 0. The highest BCUT2D eigenvalue weighted by Gasteiger charge is 2.86. The van der Waals surface area contributed by atoms with Crippen molar-refractivity contribution in [1.29, 1.82) is 5.26 Å². The number of rotatable bonds is 2. The van der Waals surface area contributed by atoms with Crippen molar-refractivity contribution in [2.24, 2.45) is 5.41 Å². The van der Waals surface area contributed by atoms with Gasteiger partial charge in [-0.2, -0.15) is 18.4 Å². The molecule has 2 atom stereocenters. The highest BCUT2D eigenvalue weighted by atomic mass is 19.4. The third-order valence-corrected chi connectivity index (χ3v) is 6.31. The molecular formula is C21H21F3N4O2. The predicted octanol–water partition coefficient (Wildman–Crippen LogP) is 4.40. The Morgan fingerprint density at radius 3 is 2.53 bits per heavy atom. The van der Waals surface area contributed by atoms with Crippen molar-refractivity contribution in [1.82, 2.24) is 9.88 Å². The number of piperidine rings is 1. The van der Waals surface area contributed by atoms with E-state index in [2.05, 4.69) is 11.1 Å². The fourth-order valence-electron chi connectivity index (χ4n) is 5.19. The Kier molecular flexibility index (Phi) is 4.05. The van der Waals surface area contributed by atoms with E-state index in [0.717, 1.165) is 4.90 Å². The first-order valence-corrected chi connectivity index (χ1v) is 9.51. The Balaban J connectivity index is 1.85. The Bertz CT molecular complexity index is 1090. The number of nitrogens with zero attached hydrogens (tertiary/aromatic N) is 4. The van der Waals surface area contributed by atoms with Gasteiger partial charge in [-0.1, -0.05) is 0 Å². The van der Waals surface area contributed by atoms with Gasteiger partial charge in [-0.15, -0.1) is 0 Å². The molecule has 1 aromatic carbocycles. The Morgan fingerprint density at radius 1 is 1.27 bits per heavy atom. The molecule has 2 fully saturated rings. The van der Waals surface area contributed by atoms with Gasteiger partial charge in [0.05, 0.1) is 16.6 Å². The highest BCUT2D eigenvalue weighted by Crippen LogP contribution is 2.72. The first kappa shape index (κ1) is 20.3. The molecule has 1 saturated carbocycles. The van der Waals surface area contributed by atoms with Crippen LogP contribution in [0.4, 0.5) is 23.7 Å². The predicted molar refractivity (Wildman–Crippen MR) is 104 cm³/mol. The maximum atomic E-state index is 14.3. The summed E-state index contributed by atoms with van der Waals surface area (Å²) in [5.74, 6) is 0. The zero-order valence-corrected chi connectivity index (χ0v) is 16.8. The number of hydrogen-bond acceptors (Lipinski definition) is 4. The number of pyridine rings is 1. The minimum atomic E-state index is -4.55. The maximum Gasteiger partial charge on any atom is 0.408 e. The van der Waals surface area contributed by atoms with Crippen molar-refractivity contribution < 1.29 is 23.1 Å². The molecule has 2 aliphatic rings. The number of benzene rings is 1. The van der Waals surface area contributed by atoms with Gasteiger partial charge >= 0.3 is 12.3 Å². The number of anilines is 1. The molecule has 2 heterocycles. The molecule has 158 valence electrons. The second kappa shape index (κ2) is 6.00. The molecule has 0 radical (unpaired) electrons. The van der Waals surface area contributed by atoms with Crippen LogP contribution < -0.4 is 4.90 Å². The molecule has 2 aromatic rings. The lowest BCUT2D eigenvalue weighted by atomic mass is 9.96. The number of halogens is 3. The van der Waals surface area contributed by atoms with Crippen LogP contribution in [0.2, 0.25) is 0 Å². The standard InChI is InChI=1S/C21H21F3N4O2/c1-18(2,3)28(17(29)30)20-10-19(20,21(22,23)24)11-27(12-20)15-7-6-13(9-25)16-14(15)5-4-8-26-16/h4-8H,10-12H2,1-3H3,(H,29,30). The van der Waals surface area contributed by atoms with Gasteiger partial charge in [0, 0.05) is 35.9 Å². The van der Waals surface area contributed by atoms with E-state index >= 15 is 0 Å². The van der Waals surface area contributed by atoms with E-state index in [1.807, 2.05) is 0 Å². The minimum Gasteiger partial charge on any atom is -0.465 e. The van der Waals surface area contributed by atoms with E-state index in [-0.39, 0.29) is 19.5 Å². The van der Waals surface area contributed by atoms with Crippen molar-refractivity contribution in [2.45, 2.75) is 44.4 Å². The number of amides is 1. The molecule has 9 heteroatoms. The first-order valence-electron chi connectivity index (χ1n) is 9.51. The van der Waals surface area contributed by atoms with Gasteiger partial charge in [0.2, 0.25) is 0 Å². The number of carbonyl (C=O) groups is 1. The molecule has 0 spiro atoms. The van der Waals surface area contributed by atoms with Crippen LogP contribution in [-0.4, -0.2) is 51.4 Å². The number of hydrogen-bond donors (Lipinski definition) is 1. The lowest BCUT2D eigenvalue weighted by molar-refractivity contribution is -0.192. The number of aromatic nitrogens is 1. The quantitative estimate of drug-likeness (QED) is 0.782. The molecular weight excluding hydrogens is 397 g/mol. The van der Waals surface area contributed by atoms with E-state index in [4.69, 9.17) is 0 Å². The summed E-state index contributed by atoms with van der Waals surface area (Å²) >= 11 is 0. The number of alkyl halides is 3. The number of carboxylic acid groups (broad SMARTS) is 1. The van der Waals surface area contributed by atoms with Gasteiger partial charge in [0.1, 0.15) is 11.5 Å². The van der Waals surface area contributed by atoms with Gasteiger partial charge in [-0.05, 0) is 51.5 Å². The van der Waals surface area contributed by atoms with E-state index in [0.29, 0.717) is 22.2 Å². The fourth-order valence-corrected chi connectivity index (χ4v) is 5.19. The second-order valence-corrected chi connectivity index (χ2v) is 9.08. The van der Waals surface area contributed by atoms with E-state index < -0.39 is 28.8 Å². The third-order valence-electron chi connectivity index (χ3n) is 6.31. The molecule has 1 aliphatic heterocycles. The summed E-state index contributed by atoms with van der Waals surface area (Å²) in [5.41, 5.74) is -3.42.